The summed E-state index contributed by atoms with van der Waals surface area (Å²) in [5.74, 6) is 1.66. The fraction of sp³-hybridized carbons (Fsp3) is 0.176. The molecule has 0 saturated carbocycles. The van der Waals surface area contributed by atoms with Crippen LogP contribution in [-0.4, -0.2) is 16.7 Å². The third-order valence-electron chi connectivity index (χ3n) is 3.54. The molecular formula is C17H15N3O. The second kappa shape index (κ2) is 5.29. The van der Waals surface area contributed by atoms with Crippen LogP contribution in [-0.2, 0) is 6.54 Å². The van der Waals surface area contributed by atoms with Crippen molar-refractivity contribution in [2.75, 3.05) is 7.11 Å². The molecule has 1 heterocycles. The lowest BCUT2D eigenvalue weighted by Gasteiger charge is -2.09. The number of para-hydroxylation sites is 1. The van der Waals surface area contributed by atoms with Crippen molar-refractivity contribution in [2.45, 2.75) is 13.5 Å². The van der Waals surface area contributed by atoms with E-state index in [-0.39, 0.29) is 0 Å². The predicted octanol–water partition coefficient (Wildman–Crippen LogP) is 3.60. The second-order valence-corrected chi connectivity index (χ2v) is 4.70. The Labute approximate surface area is 123 Å². The molecule has 0 fully saturated rings. The lowest BCUT2D eigenvalue weighted by Crippen LogP contribution is -1.99. The number of rotatable bonds is 3. The highest BCUT2D eigenvalue weighted by Crippen LogP contribution is 2.31. The summed E-state index contributed by atoms with van der Waals surface area (Å²) < 4.78 is 7.57. The van der Waals surface area contributed by atoms with Crippen LogP contribution in [0, 0.1) is 11.3 Å². The molecule has 3 rings (SSSR count). The van der Waals surface area contributed by atoms with Crippen molar-refractivity contribution in [1.29, 1.82) is 5.26 Å². The molecule has 1 aromatic heterocycles. The Morgan fingerprint density at radius 1 is 1.24 bits per heavy atom. The molecule has 0 radical (unpaired) electrons. The van der Waals surface area contributed by atoms with Gasteiger partial charge in [0.25, 0.3) is 0 Å². The summed E-state index contributed by atoms with van der Waals surface area (Å²) in [6, 6.07) is 15.6. The molecule has 3 aromatic rings. The van der Waals surface area contributed by atoms with E-state index in [1.165, 1.54) is 0 Å². The van der Waals surface area contributed by atoms with E-state index in [2.05, 4.69) is 17.6 Å². The van der Waals surface area contributed by atoms with Gasteiger partial charge in [-0.15, -0.1) is 0 Å². The van der Waals surface area contributed by atoms with Gasteiger partial charge in [0.05, 0.1) is 35.3 Å². The predicted molar refractivity (Wildman–Crippen MR) is 82.1 cm³/mol. The normalized spacial score (nSPS) is 10.5. The van der Waals surface area contributed by atoms with Gasteiger partial charge >= 0.3 is 0 Å². The Kier molecular flexibility index (Phi) is 3.33. The first-order chi connectivity index (χ1) is 10.3. The zero-order valence-electron chi connectivity index (χ0n) is 12.0. The summed E-state index contributed by atoms with van der Waals surface area (Å²) in [5, 5.41) is 9.02. The Hall–Kier alpha value is -2.80. The van der Waals surface area contributed by atoms with Crippen LogP contribution in [0.3, 0.4) is 0 Å². The van der Waals surface area contributed by atoms with Crippen molar-refractivity contribution < 1.29 is 4.74 Å². The van der Waals surface area contributed by atoms with Gasteiger partial charge in [-0.25, -0.2) is 4.98 Å². The molecule has 0 atom stereocenters. The van der Waals surface area contributed by atoms with Crippen molar-refractivity contribution in [3.63, 3.8) is 0 Å². The van der Waals surface area contributed by atoms with E-state index in [9.17, 15) is 0 Å². The molecule has 0 N–H and O–H groups in total. The molecule has 0 aliphatic heterocycles. The van der Waals surface area contributed by atoms with Gasteiger partial charge in [-0.05, 0) is 37.3 Å². The van der Waals surface area contributed by atoms with Crippen LogP contribution in [0.1, 0.15) is 12.5 Å². The van der Waals surface area contributed by atoms with E-state index in [1.54, 1.807) is 7.11 Å². The number of imidazole rings is 1. The molecule has 21 heavy (non-hydrogen) atoms. The van der Waals surface area contributed by atoms with Gasteiger partial charge in [-0.1, -0.05) is 12.1 Å². The molecule has 104 valence electrons. The van der Waals surface area contributed by atoms with E-state index >= 15 is 0 Å². The van der Waals surface area contributed by atoms with Gasteiger partial charge in [0.2, 0.25) is 0 Å². The van der Waals surface area contributed by atoms with Gasteiger partial charge in [0, 0.05) is 6.54 Å². The van der Waals surface area contributed by atoms with E-state index in [4.69, 9.17) is 15.0 Å². The quantitative estimate of drug-likeness (QED) is 0.735. The highest BCUT2D eigenvalue weighted by Gasteiger charge is 2.15. The molecule has 4 heteroatoms. The van der Waals surface area contributed by atoms with Crippen molar-refractivity contribution in [3.8, 4) is 23.2 Å². The van der Waals surface area contributed by atoms with Gasteiger partial charge in [0.1, 0.15) is 11.6 Å². The van der Waals surface area contributed by atoms with Crippen molar-refractivity contribution >= 4 is 11.0 Å². The number of aromatic nitrogens is 2. The SMILES string of the molecule is CCn1c(-c2ccccc2OC)nc2cc(C#N)ccc21. The Bertz CT molecular complexity index is 843. The first kappa shape index (κ1) is 13.2. The number of aryl methyl sites for hydroxylation is 1. The molecular weight excluding hydrogens is 262 g/mol. The summed E-state index contributed by atoms with van der Waals surface area (Å²) in [5.41, 5.74) is 3.43. The van der Waals surface area contributed by atoms with Crippen molar-refractivity contribution in [3.05, 3.63) is 48.0 Å². The molecule has 0 unspecified atom stereocenters. The maximum Gasteiger partial charge on any atom is 0.144 e. The van der Waals surface area contributed by atoms with Crippen LogP contribution in [0.4, 0.5) is 0 Å². The van der Waals surface area contributed by atoms with Gasteiger partial charge in [0.15, 0.2) is 0 Å². The summed E-state index contributed by atoms with van der Waals surface area (Å²) >= 11 is 0. The number of hydrogen-bond acceptors (Lipinski definition) is 3. The van der Waals surface area contributed by atoms with Crippen LogP contribution in [0.5, 0.6) is 5.75 Å². The maximum atomic E-state index is 9.02. The molecule has 0 aliphatic carbocycles. The van der Waals surface area contributed by atoms with E-state index < -0.39 is 0 Å². The monoisotopic (exact) mass is 277 g/mol. The smallest absolute Gasteiger partial charge is 0.144 e. The van der Waals surface area contributed by atoms with Crippen LogP contribution < -0.4 is 4.74 Å². The third kappa shape index (κ3) is 2.13. The van der Waals surface area contributed by atoms with Crippen LogP contribution >= 0.6 is 0 Å². The molecule has 4 nitrogen and oxygen atoms in total. The Balaban J connectivity index is 2.30. The average molecular weight is 277 g/mol. The summed E-state index contributed by atoms with van der Waals surface area (Å²) in [6.07, 6.45) is 0. The first-order valence-corrected chi connectivity index (χ1v) is 6.82. The molecule has 0 saturated heterocycles. The lowest BCUT2D eigenvalue weighted by molar-refractivity contribution is 0.416. The number of nitrogens with zero attached hydrogens (tertiary/aromatic N) is 3. The average Bonchev–Trinajstić information content (AvgIpc) is 2.91. The fourth-order valence-electron chi connectivity index (χ4n) is 2.55. The minimum absolute atomic E-state index is 0.620. The number of hydrogen-bond donors (Lipinski definition) is 0. The van der Waals surface area contributed by atoms with Gasteiger partial charge in [-0.2, -0.15) is 5.26 Å². The zero-order chi connectivity index (χ0) is 14.8. The summed E-state index contributed by atoms with van der Waals surface area (Å²) in [6.45, 7) is 2.88. The van der Waals surface area contributed by atoms with Crippen molar-refractivity contribution in [2.24, 2.45) is 0 Å². The Morgan fingerprint density at radius 2 is 2.05 bits per heavy atom. The van der Waals surface area contributed by atoms with Crippen molar-refractivity contribution in [1.82, 2.24) is 9.55 Å². The third-order valence-corrected chi connectivity index (χ3v) is 3.54. The number of ether oxygens (including phenoxy) is 1. The van der Waals surface area contributed by atoms with Gasteiger partial charge in [-0.3, -0.25) is 0 Å². The van der Waals surface area contributed by atoms with Crippen LogP contribution in [0.2, 0.25) is 0 Å². The van der Waals surface area contributed by atoms with E-state index in [1.807, 2.05) is 42.5 Å². The van der Waals surface area contributed by atoms with E-state index in [0.717, 1.165) is 34.7 Å². The molecule has 0 bridgehead atoms. The number of methoxy groups -OCH3 is 1. The van der Waals surface area contributed by atoms with Crippen LogP contribution in [0.25, 0.3) is 22.4 Å². The first-order valence-electron chi connectivity index (χ1n) is 6.82. The number of nitriles is 1. The number of fused-ring (bicyclic) bond motifs is 1. The summed E-state index contributed by atoms with van der Waals surface area (Å²) in [4.78, 5) is 4.70. The van der Waals surface area contributed by atoms with Gasteiger partial charge < -0.3 is 9.30 Å². The maximum absolute atomic E-state index is 9.02. The molecule has 0 amide bonds. The Morgan fingerprint density at radius 3 is 2.76 bits per heavy atom. The molecule has 0 spiro atoms. The second-order valence-electron chi connectivity index (χ2n) is 4.70. The largest absolute Gasteiger partial charge is 0.496 e. The molecule has 2 aromatic carbocycles. The lowest BCUT2D eigenvalue weighted by atomic mass is 10.2. The fourth-order valence-corrected chi connectivity index (χ4v) is 2.55. The minimum Gasteiger partial charge on any atom is -0.496 e. The zero-order valence-corrected chi connectivity index (χ0v) is 12.0. The van der Waals surface area contributed by atoms with E-state index in [0.29, 0.717) is 5.56 Å². The summed E-state index contributed by atoms with van der Waals surface area (Å²) in [7, 11) is 1.66. The van der Waals surface area contributed by atoms with Crippen LogP contribution in [0.15, 0.2) is 42.5 Å². The highest BCUT2D eigenvalue weighted by atomic mass is 16.5. The number of benzene rings is 2. The molecule has 0 aliphatic rings. The minimum atomic E-state index is 0.620. The standard InChI is InChI=1S/C17H15N3O/c1-3-20-15-9-8-12(11-18)10-14(15)19-17(20)13-6-4-5-7-16(13)21-2/h4-10H,3H2,1-2H3. The topological polar surface area (TPSA) is 50.8 Å². The highest BCUT2D eigenvalue weighted by molar-refractivity contribution is 5.83.